The van der Waals surface area contributed by atoms with Crippen LogP contribution in [0.2, 0.25) is 0 Å². The van der Waals surface area contributed by atoms with Gasteiger partial charge in [-0.05, 0) is 30.3 Å². The van der Waals surface area contributed by atoms with Crippen LogP contribution in [0, 0.1) is 15.9 Å². The molecule has 154 valence electrons. The summed E-state index contributed by atoms with van der Waals surface area (Å²) in [7, 11) is -3.88. The van der Waals surface area contributed by atoms with E-state index in [1.807, 2.05) is 0 Å². The van der Waals surface area contributed by atoms with Gasteiger partial charge in [-0.15, -0.1) is 11.8 Å². The van der Waals surface area contributed by atoms with Gasteiger partial charge in [-0.3, -0.25) is 14.9 Å². The number of benzene rings is 2. The number of nitro groups is 1. The zero-order valence-corrected chi connectivity index (χ0v) is 16.9. The summed E-state index contributed by atoms with van der Waals surface area (Å²) in [6, 6.07) is 10.7. The Kier molecular flexibility index (Phi) is 6.50. The second kappa shape index (κ2) is 8.89. The van der Waals surface area contributed by atoms with Crippen molar-refractivity contribution in [2.24, 2.45) is 0 Å². The molecule has 1 heterocycles. The van der Waals surface area contributed by atoms with Crippen molar-refractivity contribution in [3.8, 4) is 0 Å². The van der Waals surface area contributed by atoms with Crippen molar-refractivity contribution in [2.45, 2.75) is 9.79 Å². The lowest BCUT2D eigenvalue weighted by atomic mass is 10.3. The number of hydrogen-bond donors (Lipinski definition) is 0. The molecule has 8 nitrogen and oxygen atoms in total. The molecule has 2 aromatic carbocycles. The average Bonchev–Trinajstić information content (AvgIpc) is 2.73. The molecule has 1 amide bonds. The number of nitrogens with zero attached hydrogens (tertiary/aromatic N) is 3. The molecule has 0 aliphatic carbocycles. The molecule has 0 atom stereocenters. The van der Waals surface area contributed by atoms with Crippen LogP contribution in [0.1, 0.15) is 0 Å². The van der Waals surface area contributed by atoms with E-state index in [0.29, 0.717) is 0 Å². The summed E-state index contributed by atoms with van der Waals surface area (Å²) in [5, 5.41) is 10.9. The van der Waals surface area contributed by atoms with E-state index >= 15 is 0 Å². The fraction of sp³-hybridized carbons (Fsp3) is 0.278. The summed E-state index contributed by atoms with van der Waals surface area (Å²) in [5.41, 5.74) is -0.294. The van der Waals surface area contributed by atoms with Gasteiger partial charge in [0.25, 0.3) is 5.69 Å². The number of piperazine rings is 1. The Bertz CT molecular complexity index is 1010. The number of hydrogen-bond acceptors (Lipinski definition) is 6. The Hall–Kier alpha value is -2.50. The van der Waals surface area contributed by atoms with Crippen LogP contribution in [0.4, 0.5) is 10.1 Å². The van der Waals surface area contributed by atoms with Crippen molar-refractivity contribution in [3.05, 3.63) is 64.5 Å². The minimum atomic E-state index is -3.88. The maximum atomic E-state index is 12.9. The molecule has 2 aromatic rings. The third kappa shape index (κ3) is 5.11. The highest BCUT2D eigenvalue weighted by atomic mass is 32.2. The molecule has 1 fully saturated rings. The SMILES string of the molecule is O=C(CSc1ccc(F)cc1)N1CCN(S(=O)(=O)c2cccc([N+](=O)[O-])c2)CC1. The Morgan fingerprint density at radius 1 is 1.10 bits per heavy atom. The Balaban J connectivity index is 1.58. The van der Waals surface area contributed by atoms with Gasteiger partial charge in [0, 0.05) is 43.2 Å². The summed E-state index contributed by atoms with van der Waals surface area (Å²) in [6.07, 6.45) is 0. The Morgan fingerprint density at radius 3 is 2.38 bits per heavy atom. The summed E-state index contributed by atoms with van der Waals surface area (Å²) in [5.74, 6) is -0.308. The molecule has 0 N–H and O–H groups in total. The standard InChI is InChI=1S/C18H18FN3O5S2/c19-14-4-6-16(7-5-14)28-13-18(23)20-8-10-21(11-9-20)29(26,27)17-3-1-2-15(12-17)22(24)25/h1-7,12H,8-11,13H2. The summed E-state index contributed by atoms with van der Waals surface area (Å²) >= 11 is 1.28. The highest BCUT2D eigenvalue weighted by Gasteiger charge is 2.30. The predicted octanol–water partition coefficient (Wildman–Crippen LogP) is 2.36. The molecule has 29 heavy (non-hydrogen) atoms. The second-order valence-electron chi connectivity index (χ2n) is 6.28. The van der Waals surface area contributed by atoms with Gasteiger partial charge in [0.05, 0.1) is 15.6 Å². The molecule has 0 aromatic heterocycles. The van der Waals surface area contributed by atoms with Crippen LogP contribution in [0.15, 0.2) is 58.3 Å². The van der Waals surface area contributed by atoms with Gasteiger partial charge in [-0.25, -0.2) is 12.8 Å². The third-order valence-corrected chi connectivity index (χ3v) is 7.32. The molecular formula is C18H18FN3O5S2. The molecule has 1 aliphatic rings. The number of amides is 1. The molecule has 1 saturated heterocycles. The summed E-state index contributed by atoms with van der Waals surface area (Å²) in [4.78, 5) is 24.8. The summed E-state index contributed by atoms with van der Waals surface area (Å²) in [6.45, 7) is 0.684. The lowest BCUT2D eigenvalue weighted by Gasteiger charge is -2.34. The third-order valence-electron chi connectivity index (χ3n) is 4.43. The number of nitro benzene ring substituents is 1. The fourth-order valence-corrected chi connectivity index (χ4v) is 5.12. The van der Waals surface area contributed by atoms with Gasteiger partial charge in [0.15, 0.2) is 0 Å². The highest BCUT2D eigenvalue weighted by molar-refractivity contribution is 8.00. The quantitative estimate of drug-likeness (QED) is 0.389. The van der Waals surface area contributed by atoms with Gasteiger partial charge in [-0.1, -0.05) is 6.07 Å². The lowest BCUT2D eigenvalue weighted by molar-refractivity contribution is -0.385. The molecular weight excluding hydrogens is 421 g/mol. The minimum absolute atomic E-state index is 0.109. The zero-order valence-electron chi connectivity index (χ0n) is 15.2. The van der Waals surface area contributed by atoms with Gasteiger partial charge in [0.2, 0.25) is 15.9 Å². The molecule has 0 spiro atoms. The predicted molar refractivity (Wildman–Crippen MR) is 106 cm³/mol. The monoisotopic (exact) mass is 439 g/mol. The number of halogens is 1. The number of rotatable bonds is 6. The lowest BCUT2D eigenvalue weighted by Crippen LogP contribution is -2.50. The number of thioether (sulfide) groups is 1. The molecule has 11 heteroatoms. The van der Waals surface area contributed by atoms with Gasteiger partial charge in [-0.2, -0.15) is 4.31 Å². The fourth-order valence-electron chi connectivity index (χ4n) is 2.85. The van der Waals surface area contributed by atoms with Crippen LogP contribution in [-0.2, 0) is 14.8 Å². The van der Waals surface area contributed by atoms with Gasteiger partial charge < -0.3 is 4.90 Å². The normalized spacial score (nSPS) is 15.3. The van der Waals surface area contributed by atoms with E-state index in [-0.39, 0.29) is 54.2 Å². The van der Waals surface area contributed by atoms with Crippen LogP contribution in [-0.4, -0.2) is 60.4 Å². The van der Waals surface area contributed by atoms with Crippen LogP contribution in [0.3, 0.4) is 0 Å². The zero-order chi connectivity index (χ0) is 21.0. The van der Waals surface area contributed by atoms with E-state index in [2.05, 4.69) is 0 Å². The molecule has 0 saturated carbocycles. The molecule has 3 rings (SSSR count). The number of sulfonamides is 1. The number of carbonyl (C=O) groups is 1. The van der Waals surface area contributed by atoms with Crippen LogP contribution in [0.25, 0.3) is 0 Å². The maximum absolute atomic E-state index is 12.9. The first kappa shape index (κ1) is 21.2. The van der Waals surface area contributed by atoms with Crippen molar-refractivity contribution in [3.63, 3.8) is 0 Å². The molecule has 0 radical (unpaired) electrons. The van der Waals surface area contributed by atoms with Gasteiger partial charge in [0.1, 0.15) is 5.82 Å². The minimum Gasteiger partial charge on any atom is -0.339 e. The van der Waals surface area contributed by atoms with E-state index < -0.39 is 14.9 Å². The van der Waals surface area contributed by atoms with Crippen molar-refractivity contribution in [1.82, 2.24) is 9.21 Å². The largest absolute Gasteiger partial charge is 0.339 e. The van der Waals surface area contributed by atoms with E-state index in [0.717, 1.165) is 11.0 Å². The average molecular weight is 439 g/mol. The van der Waals surface area contributed by atoms with Crippen LogP contribution in [0.5, 0.6) is 0 Å². The number of non-ortho nitro benzene ring substituents is 1. The smallest absolute Gasteiger partial charge is 0.270 e. The Labute approximate surface area is 171 Å². The summed E-state index contributed by atoms with van der Waals surface area (Å²) < 4.78 is 39.6. The van der Waals surface area contributed by atoms with E-state index in [9.17, 15) is 27.7 Å². The molecule has 0 bridgehead atoms. The first-order valence-corrected chi connectivity index (χ1v) is 11.1. The number of carbonyl (C=O) groups excluding carboxylic acids is 1. The van der Waals surface area contributed by atoms with E-state index in [4.69, 9.17) is 0 Å². The van der Waals surface area contributed by atoms with Crippen LogP contribution < -0.4 is 0 Å². The molecule has 0 unspecified atom stereocenters. The van der Waals surface area contributed by atoms with Crippen molar-refractivity contribution in [1.29, 1.82) is 0 Å². The molecule has 1 aliphatic heterocycles. The van der Waals surface area contributed by atoms with Crippen LogP contribution >= 0.6 is 11.8 Å². The second-order valence-corrected chi connectivity index (χ2v) is 9.27. The maximum Gasteiger partial charge on any atom is 0.270 e. The van der Waals surface area contributed by atoms with Crippen molar-refractivity contribution >= 4 is 33.4 Å². The first-order valence-electron chi connectivity index (χ1n) is 8.68. The van der Waals surface area contributed by atoms with E-state index in [1.165, 1.54) is 46.4 Å². The van der Waals surface area contributed by atoms with Crippen molar-refractivity contribution < 1.29 is 22.5 Å². The van der Waals surface area contributed by atoms with E-state index in [1.54, 1.807) is 17.0 Å². The van der Waals surface area contributed by atoms with Crippen molar-refractivity contribution in [2.75, 3.05) is 31.9 Å². The topological polar surface area (TPSA) is 101 Å². The highest BCUT2D eigenvalue weighted by Crippen LogP contribution is 2.23. The van der Waals surface area contributed by atoms with Gasteiger partial charge >= 0.3 is 0 Å². The Morgan fingerprint density at radius 2 is 1.76 bits per heavy atom. The first-order chi connectivity index (χ1) is 13.8.